The van der Waals surface area contributed by atoms with E-state index in [2.05, 4.69) is 15.9 Å². The van der Waals surface area contributed by atoms with E-state index in [0.29, 0.717) is 11.1 Å². The summed E-state index contributed by atoms with van der Waals surface area (Å²) in [5.41, 5.74) is 0.152. The van der Waals surface area contributed by atoms with Crippen molar-refractivity contribution >= 4 is 21.9 Å². The van der Waals surface area contributed by atoms with E-state index >= 15 is 0 Å². The van der Waals surface area contributed by atoms with Crippen molar-refractivity contribution in [1.82, 2.24) is 0 Å². The first kappa shape index (κ1) is 19.2. The van der Waals surface area contributed by atoms with Crippen LogP contribution in [0.2, 0.25) is 0 Å². The van der Waals surface area contributed by atoms with Crippen LogP contribution < -0.4 is 0 Å². The molecule has 134 valence electrons. The number of alkyl halides is 3. The third-order valence-corrected chi connectivity index (χ3v) is 4.42. The molecule has 0 radical (unpaired) electrons. The Bertz CT molecular complexity index is 604. The number of rotatable bonds is 3. The van der Waals surface area contributed by atoms with Crippen LogP contribution in [0.5, 0.6) is 0 Å². The van der Waals surface area contributed by atoms with Gasteiger partial charge in [-0.25, -0.2) is 13.2 Å². The number of carbonyl (C=O) groups is 1. The molecule has 3 nitrogen and oxygen atoms in total. The zero-order valence-electron chi connectivity index (χ0n) is 13.7. The van der Waals surface area contributed by atoms with Gasteiger partial charge in [-0.3, -0.25) is 4.79 Å². The summed E-state index contributed by atoms with van der Waals surface area (Å²) >= 11 is 3.23. The van der Waals surface area contributed by atoms with Crippen LogP contribution in [0.1, 0.15) is 55.7 Å². The third-order valence-electron chi connectivity index (χ3n) is 3.55. The summed E-state index contributed by atoms with van der Waals surface area (Å²) in [5, 5.41) is 0. The highest BCUT2D eigenvalue weighted by atomic mass is 79.9. The molecule has 0 aromatic heterocycles. The van der Waals surface area contributed by atoms with Crippen molar-refractivity contribution in [3.05, 3.63) is 35.1 Å². The van der Waals surface area contributed by atoms with Gasteiger partial charge in [0.2, 0.25) is 0 Å². The molecule has 7 heteroatoms. The van der Waals surface area contributed by atoms with Crippen molar-refractivity contribution in [2.24, 2.45) is 0 Å². The van der Waals surface area contributed by atoms with Crippen LogP contribution in [0.15, 0.2) is 18.2 Å². The topological polar surface area (TPSA) is 35.5 Å². The first-order chi connectivity index (χ1) is 11.0. The lowest BCUT2D eigenvalue weighted by Crippen LogP contribution is -2.31. The standard InChI is InChI=1S/C17H20BrF3O3/c1-16(2,3)24-15(22)14(18)12-8-10(19)4-5-11(12)13-6-7-17(20,21)9-23-13/h4-5,8,13-14H,6-7,9H2,1-3H3. The van der Waals surface area contributed by atoms with Crippen molar-refractivity contribution in [3.63, 3.8) is 0 Å². The van der Waals surface area contributed by atoms with E-state index in [4.69, 9.17) is 9.47 Å². The average molecular weight is 409 g/mol. The highest BCUT2D eigenvalue weighted by molar-refractivity contribution is 9.09. The monoisotopic (exact) mass is 408 g/mol. The van der Waals surface area contributed by atoms with Gasteiger partial charge in [0.05, 0.1) is 6.10 Å². The molecule has 2 atom stereocenters. The van der Waals surface area contributed by atoms with Crippen molar-refractivity contribution < 1.29 is 27.4 Å². The van der Waals surface area contributed by atoms with Crippen molar-refractivity contribution in [3.8, 4) is 0 Å². The minimum atomic E-state index is -2.85. The van der Waals surface area contributed by atoms with E-state index in [9.17, 15) is 18.0 Å². The minimum absolute atomic E-state index is 0.0969. The zero-order chi connectivity index (χ0) is 18.1. The molecule has 1 aliphatic rings. The second kappa shape index (κ2) is 7.04. The Morgan fingerprint density at radius 3 is 2.62 bits per heavy atom. The van der Waals surface area contributed by atoms with Gasteiger partial charge < -0.3 is 9.47 Å². The highest BCUT2D eigenvalue weighted by Crippen LogP contribution is 2.40. The van der Waals surface area contributed by atoms with Gasteiger partial charge in [-0.15, -0.1) is 0 Å². The number of ether oxygens (including phenoxy) is 2. The molecular weight excluding hydrogens is 389 g/mol. The summed E-state index contributed by atoms with van der Waals surface area (Å²) in [6.07, 6.45) is -0.823. The molecule has 24 heavy (non-hydrogen) atoms. The number of benzene rings is 1. The molecule has 1 aromatic rings. The number of halogens is 4. The lowest BCUT2D eigenvalue weighted by molar-refractivity contribution is -0.154. The van der Waals surface area contributed by atoms with Crippen LogP contribution in [-0.4, -0.2) is 24.1 Å². The van der Waals surface area contributed by atoms with Crippen LogP contribution in [0.3, 0.4) is 0 Å². The minimum Gasteiger partial charge on any atom is -0.459 e. The lowest BCUT2D eigenvalue weighted by atomic mass is 9.94. The third kappa shape index (κ3) is 4.96. The van der Waals surface area contributed by atoms with Gasteiger partial charge in [0.25, 0.3) is 5.92 Å². The molecule has 2 unspecified atom stereocenters. The molecule has 0 saturated carbocycles. The quantitative estimate of drug-likeness (QED) is 0.516. The van der Waals surface area contributed by atoms with Gasteiger partial charge in [0.1, 0.15) is 22.9 Å². The second-order valence-electron chi connectivity index (χ2n) is 6.86. The van der Waals surface area contributed by atoms with Gasteiger partial charge in [-0.05, 0) is 50.5 Å². The molecule has 0 bridgehead atoms. The maximum atomic E-state index is 13.7. The Morgan fingerprint density at radius 1 is 1.42 bits per heavy atom. The van der Waals surface area contributed by atoms with E-state index in [-0.39, 0.29) is 12.8 Å². The largest absolute Gasteiger partial charge is 0.459 e. The number of carbonyl (C=O) groups excluding carboxylic acids is 1. The van der Waals surface area contributed by atoms with Crippen LogP contribution in [0.4, 0.5) is 13.2 Å². The Balaban J connectivity index is 2.26. The van der Waals surface area contributed by atoms with Crippen LogP contribution in [0, 0.1) is 5.82 Å². The molecule has 1 heterocycles. The Hall–Kier alpha value is -1.08. The predicted molar refractivity (Wildman–Crippen MR) is 86.8 cm³/mol. The maximum absolute atomic E-state index is 13.7. The van der Waals surface area contributed by atoms with Crippen LogP contribution in [0.25, 0.3) is 0 Å². The summed E-state index contributed by atoms with van der Waals surface area (Å²) in [7, 11) is 0. The van der Waals surface area contributed by atoms with E-state index in [0.717, 1.165) is 0 Å². The van der Waals surface area contributed by atoms with E-state index < -0.39 is 40.8 Å². The summed E-state index contributed by atoms with van der Waals surface area (Å²) in [5.74, 6) is -3.95. The lowest BCUT2D eigenvalue weighted by Gasteiger charge is -2.31. The fourth-order valence-electron chi connectivity index (χ4n) is 2.50. The van der Waals surface area contributed by atoms with Gasteiger partial charge in [0.15, 0.2) is 0 Å². The molecular formula is C17H20BrF3O3. The molecule has 0 spiro atoms. The van der Waals surface area contributed by atoms with Crippen molar-refractivity contribution in [2.45, 2.75) is 56.1 Å². The normalized spacial score (nSPS) is 22.0. The highest BCUT2D eigenvalue weighted by Gasteiger charge is 2.38. The van der Waals surface area contributed by atoms with E-state index in [1.165, 1.54) is 18.2 Å². The molecule has 0 N–H and O–H groups in total. The zero-order valence-corrected chi connectivity index (χ0v) is 15.3. The van der Waals surface area contributed by atoms with Crippen molar-refractivity contribution in [1.29, 1.82) is 0 Å². The molecule has 0 amide bonds. The maximum Gasteiger partial charge on any atom is 0.324 e. The predicted octanol–water partition coefficient (Wildman–Crippen LogP) is 5.09. The first-order valence-electron chi connectivity index (χ1n) is 7.64. The Kier molecular flexibility index (Phi) is 5.64. The molecule has 1 aliphatic heterocycles. The molecule has 1 fully saturated rings. The molecule has 1 aromatic carbocycles. The van der Waals surface area contributed by atoms with Crippen LogP contribution in [-0.2, 0) is 14.3 Å². The van der Waals surface area contributed by atoms with E-state index in [1.54, 1.807) is 20.8 Å². The summed E-state index contributed by atoms with van der Waals surface area (Å²) in [6.45, 7) is 4.49. The first-order valence-corrected chi connectivity index (χ1v) is 8.56. The summed E-state index contributed by atoms with van der Waals surface area (Å²) < 4.78 is 50.7. The van der Waals surface area contributed by atoms with Crippen LogP contribution >= 0.6 is 15.9 Å². The van der Waals surface area contributed by atoms with Gasteiger partial charge in [-0.1, -0.05) is 22.0 Å². The molecule has 0 aliphatic carbocycles. The second-order valence-corrected chi connectivity index (χ2v) is 7.78. The number of hydrogen-bond acceptors (Lipinski definition) is 3. The number of hydrogen-bond donors (Lipinski definition) is 0. The summed E-state index contributed by atoms with van der Waals surface area (Å²) in [4.78, 5) is 11.3. The molecule has 1 saturated heterocycles. The fraction of sp³-hybridized carbons (Fsp3) is 0.588. The van der Waals surface area contributed by atoms with Gasteiger partial charge in [0, 0.05) is 6.42 Å². The van der Waals surface area contributed by atoms with E-state index in [1.807, 2.05) is 0 Å². The number of esters is 1. The SMILES string of the molecule is CC(C)(C)OC(=O)C(Br)c1cc(F)ccc1C1CCC(F)(F)CO1. The van der Waals surface area contributed by atoms with Gasteiger partial charge in [-0.2, -0.15) is 0 Å². The van der Waals surface area contributed by atoms with Crippen molar-refractivity contribution in [2.75, 3.05) is 6.61 Å². The summed E-state index contributed by atoms with van der Waals surface area (Å²) in [6, 6.07) is 3.90. The Labute approximate surface area is 147 Å². The average Bonchev–Trinajstić information content (AvgIpc) is 2.45. The van der Waals surface area contributed by atoms with Gasteiger partial charge >= 0.3 is 5.97 Å². The smallest absolute Gasteiger partial charge is 0.324 e. The Morgan fingerprint density at radius 2 is 2.08 bits per heavy atom. The fourth-order valence-corrected chi connectivity index (χ4v) is 2.99. The molecule has 2 rings (SSSR count).